The normalized spacial score (nSPS) is 12.2. The number of rotatable bonds is 15. The maximum Gasteiger partial charge on any atom is 0.295 e. The van der Waals surface area contributed by atoms with Crippen molar-refractivity contribution in [1.82, 2.24) is 4.98 Å². The molecule has 356 valence electrons. The zero-order chi connectivity index (χ0) is 50.9. The number of pyridine rings is 1. The van der Waals surface area contributed by atoms with Crippen LogP contribution in [0.4, 0.5) is 50.1 Å². The fourth-order valence-corrected chi connectivity index (χ4v) is 10.0. The summed E-state index contributed by atoms with van der Waals surface area (Å²) in [6.07, 6.45) is 0. The molecule has 0 saturated heterocycles. The molecule has 0 aliphatic rings. The quantitative estimate of drug-likeness (QED) is 0.0370. The molecule has 27 heteroatoms. The van der Waals surface area contributed by atoms with Crippen LogP contribution in [0.3, 0.4) is 0 Å². The van der Waals surface area contributed by atoms with Gasteiger partial charge in [-0.25, -0.2) is 4.98 Å². The van der Waals surface area contributed by atoms with E-state index in [9.17, 15) is 62.4 Å². The first-order chi connectivity index (χ1) is 32.8. The van der Waals surface area contributed by atoms with Gasteiger partial charge in [0.15, 0.2) is 16.6 Å². The summed E-state index contributed by atoms with van der Waals surface area (Å²) in [5.41, 5.74) is 1.87. The van der Waals surface area contributed by atoms with E-state index >= 15 is 0 Å². The molecular formula is C43H32N10O12S5. The molecule has 0 radical (unpaired) electrons. The van der Waals surface area contributed by atoms with Gasteiger partial charge in [-0.05, 0) is 98.3 Å². The van der Waals surface area contributed by atoms with Gasteiger partial charge in [0, 0.05) is 44.7 Å². The van der Waals surface area contributed by atoms with Crippen LogP contribution in [0.1, 0.15) is 23.6 Å². The monoisotopic (exact) mass is 1040 g/mol. The predicted molar refractivity (Wildman–Crippen MR) is 258 cm³/mol. The van der Waals surface area contributed by atoms with Crippen LogP contribution in [0, 0.1) is 29.6 Å². The Bertz CT molecular complexity index is 3910. The molecule has 7 N–H and O–H groups in total. The lowest BCUT2D eigenvalue weighted by Crippen LogP contribution is -2.05. The van der Waals surface area contributed by atoms with Gasteiger partial charge in [0.2, 0.25) is 0 Å². The van der Waals surface area contributed by atoms with E-state index in [0.29, 0.717) is 16.9 Å². The Morgan fingerprint density at radius 1 is 0.614 bits per heavy atom. The molecule has 7 rings (SSSR count). The number of anilines is 5. The average Bonchev–Trinajstić information content (AvgIpc) is 3.64. The zero-order valence-electron chi connectivity index (χ0n) is 35.7. The van der Waals surface area contributed by atoms with Crippen molar-refractivity contribution in [3.05, 3.63) is 132 Å². The lowest BCUT2D eigenvalue weighted by Gasteiger charge is -2.16. The number of aromatic nitrogens is 1. The summed E-state index contributed by atoms with van der Waals surface area (Å²) < 4.78 is 136. The molecule has 2 heterocycles. The molecule has 0 bridgehead atoms. The highest BCUT2D eigenvalue weighted by Crippen LogP contribution is 2.49. The Labute approximate surface area is 403 Å². The number of fused-ring (bicyclic) bond motifs is 1. The lowest BCUT2D eigenvalue weighted by atomic mass is 10.0. The minimum atomic E-state index is -5.02. The van der Waals surface area contributed by atoms with Gasteiger partial charge in [-0.15, -0.1) is 20.5 Å². The minimum absolute atomic E-state index is 0.00734. The Morgan fingerprint density at radius 2 is 1.14 bits per heavy atom. The average molecular weight is 1040 g/mol. The summed E-state index contributed by atoms with van der Waals surface area (Å²) in [6, 6.07) is 25.8. The molecule has 0 fully saturated rings. The van der Waals surface area contributed by atoms with Gasteiger partial charge in [0.25, 0.3) is 40.5 Å². The third kappa shape index (κ3) is 11.0. The maximum atomic E-state index is 12.5. The van der Waals surface area contributed by atoms with Crippen molar-refractivity contribution in [3.63, 3.8) is 0 Å². The first-order valence-electron chi connectivity index (χ1n) is 19.4. The molecule has 2 aromatic heterocycles. The lowest BCUT2D eigenvalue weighted by molar-refractivity contribution is 0.481. The number of thiophene rings is 1. The molecule has 0 aliphatic heterocycles. The molecular weight excluding hydrogens is 1010 g/mol. The topological polar surface area (TPSA) is 363 Å². The van der Waals surface area contributed by atoms with Gasteiger partial charge in [0.1, 0.15) is 38.2 Å². The number of nitrogens with one attached hydrogen (secondary N) is 3. The number of hydrogen-bond acceptors (Lipinski definition) is 19. The molecule has 0 atom stereocenters. The molecule has 5 aromatic carbocycles. The molecule has 0 aliphatic carbocycles. The summed E-state index contributed by atoms with van der Waals surface area (Å²) in [5.74, 6) is -0.170. The molecule has 0 saturated carbocycles. The Balaban J connectivity index is 1.40. The second-order valence-electron chi connectivity index (χ2n) is 14.7. The second kappa shape index (κ2) is 19.3. The predicted octanol–water partition coefficient (Wildman–Crippen LogP) is 10.3. The van der Waals surface area contributed by atoms with Crippen LogP contribution in [0.2, 0.25) is 0 Å². The molecule has 0 spiro atoms. The van der Waals surface area contributed by atoms with Crippen LogP contribution in [0.25, 0.3) is 21.9 Å². The van der Waals surface area contributed by atoms with E-state index in [1.165, 1.54) is 43.3 Å². The van der Waals surface area contributed by atoms with Crippen LogP contribution < -0.4 is 16.0 Å². The van der Waals surface area contributed by atoms with Crippen LogP contribution in [0.5, 0.6) is 0 Å². The largest absolute Gasteiger partial charge is 0.360 e. The molecule has 22 nitrogen and oxygen atoms in total. The third-order valence-electron chi connectivity index (χ3n) is 9.83. The van der Waals surface area contributed by atoms with Crippen molar-refractivity contribution in [3.8, 4) is 23.3 Å². The fraction of sp³-hybridized carbons (Fsp3) is 0.0465. The Kier molecular flexibility index (Phi) is 13.8. The highest BCUT2D eigenvalue weighted by Gasteiger charge is 2.25. The Morgan fingerprint density at radius 3 is 1.66 bits per heavy atom. The van der Waals surface area contributed by atoms with Gasteiger partial charge < -0.3 is 16.0 Å². The number of hydrogen-bond donors (Lipinski definition) is 7. The number of allylic oxidation sites excluding steroid dienone is 1. The molecule has 0 amide bonds. The highest BCUT2D eigenvalue weighted by molar-refractivity contribution is 7.86. The van der Waals surface area contributed by atoms with E-state index in [4.69, 9.17) is 0 Å². The van der Waals surface area contributed by atoms with Crippen LogP contribution in [0.15, 0.2) is 155 Å². The third-order valence-corrected chi connectivity index (χ3v) is 14.3. The summed E-state index contributed by atoms with van der Waals surface area (Å²) in [6.45, 7) is 7.07. The van der Waals surface area contributed by atoms with Crippen molar-refractivity contribution in [2.45, 2.75) is 33.4 Å². The molecule has 0 unspecified atom stereocenters. The Hall–Kier alpha value is -7.83. The van der Waals surface area contributed by atoms with Gasteiger partial charge in [-0.1, -0.05) is 42.2 Å². The van der Waals surface area contributed by atoms with E-state index in [1.807, 2.05) is 6.07 Å². The van der Waals surface area contributed by atoms with Gasteiger partial charge in [-0.2, -0.15) is 44.2 Å². The summed E-state index contributed by atoms with van der Waals surface area (Å²) in [4.78, 5) is 2.30. The van der Waals surface area contributed by atoms with Crippen molar-refractivity contribution < 1.29 is 51.9 Å². The zero-order valence-corrected chi connectivity index (χ0v) is 39.8. The van der Waals surface area contributed by atoms with E-state index in [-0.39, 0.29) is 77.4 Å². The smallest absolute Gasteiger partial charge is 0.295 e. The van der Waals surface area contributed by atoms with Crippen molar-refractivity contribution >= 4 is 113 Å². The SMILES string of the molecule is C=C(C)Nc1ccc(-c2c(/N=N/c3cc(S(=O)(=O)O)c4cccc(S(=O)(=O)O)c4c3)sc(N=Nc3c(Nc4ccc(S(=O)(=O)O)cc4)nc(Nc4ccc(S(=O)(=O)O)cc4)c(C#N)c3C)c2C#N)cc1. The first kappa shape index (κ1) is 50.1. The first-order valence-corrected chi connectivity index (χ1v) is 26.0. The van der Waals surface area contributed by atoms with E-state index in [0.717, 1.165) is 53.8 Å². The van der Waals surface area contributed by atoms with Crippen molar-refractivity contribution in [2.75, 3.05) is 16.0 Å². The standard InChI is InChI=1S/C43H32N10O12S5/c1-23(2)46-26-9-7-25(8-10-26)38-35(22-45)42(66-43(38)53-50-29-19-33-32(37(20-29)70(63,64)65)5-4-6-36(33)69(60,61)62)52-51-39-24(3)34(21-44)40(47-27-11-15-30(16-12-27)67(54,55)56)49-41(39)48-28-13-17-31(18-14-28)68(57,58)59/h4-20,46H,1H2,2-3H3,(H2,47,48,49)(H,54,55,56)(H,57,58,59)(H,60,61,62)(H,63,64,65)/b52-51?,53-50+. The van der Waals surface area contributed by atoms with Crippen LogP contribution >= 0.6 is 11.3 Å². The minimum Gasteiger partial charge on any atom is -0.360 e. The molecule has 70 heavy (non-hydrogen) atoms. The van der Waals surface area contributed by atoms with E-state index < -0.39 is 60.1 Å². The number of nitriles is 2. The summed E-state index contributed by atoms with van der Waals surface area (Å²) in [5, 5.41) is 46.7. The van der Waals surface area contributed by atoms with Gasteiger partial charge in [0.05, 0.1) is 21.0 Å². The fourth-order valence-electron chi connectivity index (χ4n) is 6.72. The second-order valence-corrected chi connectivity index (χ2v) is 21.3. The number of benzene rings is 5. The van der Waals surface area contributed by atoms with Crippen molar-refractivity contribution in [1.29, 1.82) is 10.5 Å². The molecule has 7 aromatic rings. The van der Waals surface area contributed by atoms with Crippen LogP contribution in [-0.4, -0.2) is 56.9 Å². The van der Waals surface area contributed by atoms with Crippen molar-refractivity contribution in [2.24, 2.45) is 20.5 Å². The summed E-state index contributed by atoms with van der Waals surface area (Å²) >= 11 is 0.781. The number of azo groups is 2. The van der Waals surface area contributed by atoms with Gasteiger partial charge in [-0.3, -0.25) is 18.2 Å². The maximum absolute atomic E-state index is 12.5. The van der Waals surface area contributed by atoms with E-state index in [1.54, 1.807) is 31.2 Å². The van der Waals surface area contributed by atoms with Gasteiger partial charge >= 0.3 is 0 Å². The van der Waals surface area contributed by atoms with E-state index in [2.05, 4.69) is 54.0 Å². The van der Waals surface area contributed by atoms with Crippen LogP contribution in [-0.2, 0) is 40.5 Å². The summed E-state index contributed by atoms with van der Waals surface area (Å²) in [7, 11) is -19.1. The highest BCUT2D eigenvalue weighted by atomic mass is 32.2. The number of nitrogens with zero attached hydrogens (tertiary/aromatic N) is 7.